The number of carbonyl (C=O) groups excluding carboxylic acids is 1. The van der Waals surface area contributed by atoms with Gasteiger partial charge in [-0.1, -0.05) is 18.2 Å². The highest BCUT2D eigenvalue weighted by atomic mass is 32.2. The van der Waals surface area contributed by atoms with Gasteiger partial charge in [-0.3, -0.25) is 5.32 Å². The smallest absolute Gasteiger partial charge is 0.409 e. The molecule has 2 N–H and O–H groups in total. The summed E-state index contributed by atoms with van der Waals surface area (Å²) in [5.74, 6) is -0.976. The van der Waals surface area contributed by atoms with Crippen LogP contribution >= 0.6 is 11.8 Å². The molecule has 7 nitrogen and oxygen atoms in total. The summed E-state index contributed by atoms with van der Waals surface area (Å²) in [5, 5.41) is 13.4. The van der Waals surface area contributed by atoms with Crippen LogP contribution in [0.4, 0.5) is 4.79 Å². The van der Waals surface area contributed by atoms with E-state index in [-0.39, 0.29) is 10.3 Å². The Morgan fingerprint density at radius 2 is 1.96 bits per heavy atom. The fourth-order valence-electron chi connectivity index (χ4n) is 2.75. The Morgan fingerprint density at radius 1 is 1.33 bits per heavy atom. The Kier molecular flexibility index (Phi) is 5.70. The SMILES string of the molecule is CC1SC(C(=O)O)=CN1OC1(NC(=O)OC(C)(C)C)CCCCC1. The highest BCUT2D eigenvalue weighted by Crippen LogP contribution is 2.37. The molecule has 1 fully saturated rings. The fourth-order valence-corrected chi connectivity index (χ4v) is 3.59. The molecule has 24 heavy (non-hydrogen) atoms. The van der Waals surface area contributed by atoms with E-state index < -0.39 is 23.4 Å². The summed E-state index contributed by atoms with van der Waals surface area (Å²) in [5.41, 5.74) is -1.45. The Morgan fingerprint density at radius 3 is 2.46 bits per heavy atom. The molecule has 1 aliphatic heterocycles. The number of amides is 1. The number of alkyl carbamates (subject to hydrolysis) is 1. The van der Waals surface area contributed by atoms with E-state index in [1.807, 2.05) is 27.7 Å². The lowest BCUT2D eigenvalue weighted by molar-refractivity contribution is -0.243. The first-order valence-corrected chi connectivity index (χ1v) is 9.09. The van der Waals surface area contributed by atoms with Gasteiger partial charge in [-0.15, -0.1) is 0 Å². The second-order valence-electron chi connectivity index (χ2n) is 7.15. The van der Waals surface area contributed by atoms with Crippen LogP contribution in [0.3, 0.4) is 0 Å². The van der Waals surface area contributed by atoms with Gasteiger partial charge in [-0.2, -0.15) is 0 Å². The first-order valence-electron chi connectivity index (χ1n) is 8.21. The molecule has 0 aromatic heterocycles. The zero-order valence-corrected chi connectivity index (χ0v) is 15.4. The molecule has 1 amide bonds. The number of ether oxygens (including phenoxy) is 1. The van der Waals surface area contributed by atoms with E-state index in [1.54, 1.807) is 0 Å². The maximum atomic E-state index is 12.2. The van der Waals surface area contributed by atoms with Crippen LogP contribution in [0.2, 0.25) is 0 Å². The lowest BCUT2D eigenvalue weighted by Crippen LogP contribution is -2.55. The van der Waals surface area contributed by atoms with Crippen molar-refractivity contribution >= 4 is 23.8 Å². The highest BCUT2D eigenvalue weighted by molar-refractivity contribution is 8.04. The molecule has 1 unspecified atom stereocenters. The maximum absolute atomic E-state index is 12.2. The second-order valence-corrected chi connectivity index (χ2v) is 8.51. The van der Waals surface area contributed by atoms with E-state index in [0.717, 1.165) is 19.3 Å². The number of hydroxylamine groups is 2. The van der Waals surface area contributed by atoms with Crippen LogP contribution in [0.25, 0.3) is 0 Å². The molecular formula is C16H26N2O5S. The van der Waals surface area contributed by atoms with Gasteiger partial charge in [0, 0.05) is 6.20 Å². The van der Waals surface area contributed by atoms with Crippen LogP contribution in [0, 0.1) is 0 Å². The van der Waals surface area contributed by atoms with Gasteiger partial charge in [0.2, 0.25) is 0 Å². The maximum Gasteiger partial charge on any atom is 0.409 e. The molecule has 0 bridgehead atoms. The monoisotopic (exact) mass is 358 g/mol. The standard InChI is InChI=1S/C16H26N2O5S/c1-11-18(10-12(24-11)13(19)20)23-16(8-6-5-7-9-16)17-14(21)22-15(2,3)4/h10-11H,5-9H2,1-4H3,(H,17,21)(H,19,20). The first-order chi connectivity index (χ1) is 11.1. The molecule has 1 saturated carbocycles. The molecule has 1 aliphatic carbocycles. The van der Waals surface area contributed by atoms with Crippen LogP contribution in [0.1, 0.15) is 59.8 Å². The van der Waals surface area contributed by atoms with Crippen LogP contribution < -0.4 is 5.32 Å². The number of nitrogens with one attached hydrogen (secondary N) is 1. The van der Waals surface area contributed by atoms with Gasteiger partial charge in [0.25, 0.3) is 0 Å². The summed E-state index contributed by atoms with van der Waals surface area (Å²) in [6, 6.07) is 0. The molecule has 0 aromatic carbocycles. The van der Waals surface area contributed by atoms with Crippen molar-refractivity contribution in [3.05, 3.63) is 11.1 Å². The third-order valence-corrected chi connectivity index (χ3v) is 4.86. The minimum atomic E-state index is -0.976. The quantitative estimate of drug-likeness (QED) is 0.744. The van der Waals surface area contributed by atoms with Gasteiger partial charge >= 0.3 is 12.1 Å². The minimum absolute atomic E-state index is 0.171. The van der Waals surface area contributed by atoms with Crippen LogP contribution in [0.5, 0.6) is 0 Å². The number of carboxylic acids is 1. The highest BCUT2D eigenvalue weighted by Gasteiger charge is 2.40. The molecule has 0 aromatic rings. The molecule has 2 rings (SSSR count). The topological polar surface area (TPSA) is 88.1 Å². The zero-order chi connectivity index (χ0) is 18.0. The largest absolute Gasteiger partial charge is 0.477 e. The minimum Gasteiger partial charge on any atom is -0.477 e. The van der Waals surface area contributed by atoms with E-state index in [4.69, 9.17) is 14.7 Å². The van der Waals surface area contributed by atoms with Crippen molar-refractivity contribution < 1.29 is 24.3 Å². The Labute approximate surface area is 146 Å². The Balaban J connectivity index is 2.10. The van der Waals surface area contributed by atoms with Crippen LogP contribution in [-0.4, -0.2) is 38.9 Å². The molecule has 1 heterocycles. The van der Waals surface area contributed by atoms with Crippen molar-refractivity contribution in [2.24, 2.45) is 0 Å². The number of rotatable bonds is 4. The number of carbonyl (C=O) groups is 2. The Hall–Kier alpha value is -1.41. The van der Waals surface area contributed by atoms with E-state index in [2.05, 4.69) is 5.32 Å². The van der Waals surface area contributed by atoms with Crippen molar-refractivity contribution in [3.63, 3.8) is 0 Å². The number of nitrogens with zero attached hydrogens (tertiary/aromatic N) is 1. The molecular weight excluding hydrogens is 332 g/mol. The lowest BCUT2D eigenvalue weighted by atomic mass is 9.92. The molecule has 8 heteroatoms. The Bertz CT molecular complexity index is 523. The fraction of sp³-hybridized carbons (Fsp3) is 0.750. The van der Waals surface area contributed by atoms with Crippen molar-refractivity contribution in [1.29, 1.82) is 0 Å². The third kappa shape index (κ3) is 5.04. The van der Waals surface area contributed by atoms with E-state index >= 15 is 0 Å². The van der Waals surface area contributed by atoms with Crippen molar-refractivity contribution in [1.82, 2.24) is 10.4 Å². The summed E-state index contributed by atoms with van der Waals surface area (Å²) in [7, 11) is 0. The summed E-state index contributed by atoms with van der Waals surface area (Å²) >= 11 is 1.22. The number of aliphatic carboxylic acids is 1. The summed E-state index contributed by atoms with van der Waals surface area (Å²) in [6.45, 7) is 7.28. The average molecular weight is 358 g/mol. The van der Waals surface area contributed by atoms with Gasteiger partial charge in [-0.25, -0.2) is 19.5 Å². The van der Waals surface area contributed by atoms with Crippen molar-refractivity contribution in [3.8, 4) is 0 Å². The van der Waals surface area contributed by atoms with E-state index in [0.29, 0.717) is 12.8 Å². The van der Waals surface area contributed by atoms with Gasteiger partial charge in [0.15, 0.2) is 5.72 Å². The van der Waals surface area contributed by atoms with Crippen LogP contribution in [-0.2, 0) is 14.4 Å². The van der Waals surface area contributed by atoms with Crippen LogP contribution in [0.15, 0.2) is 11.1 Å². The molecule has 136 valence electrons. The second kappa shape index (κ2) is 7.23. The predicted molar refractivity (Wildman–Crippen MR) is 90.9 cm³/mol. The summed E-state index contributed by atoms with van der Waals surface area (Å²) < 4.78 is 5.35. The van der Waals surface area contributed by atoms with Gasteiger partial charge in [0.05, 0.1) is 0 Å². The van der Waals surface area contributed by atoms with Gasteiger partial charge in [-0.05, 0) is 53.4 Å². The summed E-state index contributed by atoms with van der Waals surface area (Å²) in [6.07, 6.45) is 5.23. The van der Waals surface area contributed by atoms with Crippen molar-refractivity contribution in [2.45, 2.75) is 76.5 Å². The van der Waals surface area contributed by atoms with E-state index in [1.165, 1.54) is 23.0 Å². The molecule has 1 atom stereocenters. The van der Waals surface area contributed by atoms with Gasteiger partial charge < -0.3 is 9.84 Å². The number of hydrogen-bond acceptors (Lipinski definition) is 6. The predicted octanol–water partition coefficient (Wildman–Crippen LogP) is 3.42. The van der Waals surface area contributed by atoms with Gasteiger partial charge in [0.1, 0.15) is 15.9 Å². The van der Waals surface area contributed by atoms with E-state index in [9.17, 15) is 9.59 Å². The number of hydrogen-bond donors (Lipinski definition) is 2. The number of carboxylic acid groups (broad SMARTS) is 1. The molecule has 2 aliphatic rings. The normalized spacial score (nSPS) is 23.6. The zero-order valence-electron chi connectivity index (χ0n) is 14.6. The third-order valence-electron chi connectivity index (χ3n) is 3.78. The lowest BCUT2D eigenvalue weighted by Gasteiger charge is -2.40. The molecule has 0 radical (unpaired) electrons. The first kappa shape index (κ1) is 18.9. The average Bonchev–Trinajstić information content (AvgIpc) is 2.78. The molecule has 0 saturated heterocycles. The molecule has 0 spiro atoms. The summed E-state index contributed by atoms with van der Waals surface area (Å²) in [4.78, 5) is 29.7. The van der Waals surface area contributed by atoms with Crippen molar-refractivity contribution in [2.75, 3.05) is 0 Å². The number of thioether (sulfide) groups is 1.